The highest BCUT2D eigenvalue weighted by Crippen LogP contribution is 2.22. The van der Waals surface area contributed by atoms with Crippen molar-refractivity contribution < 1.29 is 4.79 Å². The molecule has 3 rings (SSSR count). The van der Waals surface area contributed by atoms with Crippen LogP contribution in [0.15, 0.2) is 30.3 Å². The Balaban J connectivity index is 1.70. The number of likely N-dealkylation sites (tertiary alicyclic amines) is 1. The van der Waals surface area contributed by atoms with E-state index >= 15 is 0 Å². The molecule has 1 saturated heterocycles. The molecule has 1 amide bonds. The van der Waals surface area contributed by atoms with Gasteiger partial charge in [0.25, 0.3) is 0 Å². The molecule has 1 atom stereocenters. The first kappa shape index (κ1) is 16.7. The Hall–Kier alpha value is -2.14. The molecule has 1 aliphatic heterocycles. The fraction of sp³-hybridized carbons (Fsp3) is 0.474. The highest BCUT2D eigenvalue weighted by molar-refractivity contribution is 5.92. The number of primary amides is 1. The standard InChI is InChI=1S/C19H26N4O/c1-14-11-15(2)23(21-14)13-18-5-3-4-10-22(18)12-16-6-8-17(9-7-16)19(20)24/h6-9,11,18H,3-5,10,12-13H2,1-2H3,(H2,20,24)/t18-/m1/s1. The van der Waals surface area contributed by atoms with Crippen LogP contribution in [0.25, 0.3) is 0 Å². The summed E-state index contributed by atoms with van der Waals surface area (Å²) < 4.78 is 2.13. The lowest BCUT2D eigenvalue weighted by molar-refractivity contribution is 0.1000. The second kappa shape index (κ2) is 7.18. The summed E-state index contributed by atoms with van der Waals surface area (Å²) in [6, 6.07) is 10.3. The maximum absolute atomic E-state index is 11.2. The number of aromatic nitrogens is 2. The van der Waals surface area contributed by atoms with Crippen molar-refractivity contribution >= 4 is 5.91 Å². The van der Waals surface area contributed by atoms with Crippen LogP contribution >= 0.6 is 0 Å². The molecule has 24 heavy (non-hydrogen) atoms. The zero-order valence-electron chi connectivity index (χ0n) is 14.5. The van der Waals surface area contributed by atoms with Gasteiger partial charge in [-0.2, -0.15) is 5.10 Å². The van der Waals surface area contributed by atoms with Gasteiger partial charge < -0.3 is 5.73 Å². The van der Waals surface area contributed by atoms with Gasteiger partial charge in [0.2, 0.25) is 5.91 Å². The van der Waals surface area contributed by atoms with Crippen molar-refractivity contribution in [1.29, 1.82) is 0 Å². The molecule has 0 spiro atoms. The van der Waals surface area contributed by atoms with Gasteiger partial charge in [0.15, 0.2) is 0 Å². The van der Waals surface area contributed by atoms with Crippen LogP contribution in [-0.4, -0.2) is 33.2 Å². The van der Waals surface area contributed by atoms with E-state index in [2.05, 4.69) is 27.7 Å². The van der Waals surface area contributed by atoms with Crippen molar-refractivity contribution in [2.75, 3.05) is 6.54 Å². The topological polar surface area (TPSA) is 64.2 Å². The second-order valence-corrected chi connectivity index (χ2v) is 6.79. The lowest BCUT2D eigenvalue weighted by atomic mass is 10.0. The minimum Gasteiger partial charge on any atom is -0.366 e. The fourth-order valence-corrected chi connectivity index (χ4v) is 3.54. The van der Waals surface area contributed by atoms with Gasteiger partial charge in [-0.1, -0.05) is 18.6 Å². The molecule has 2 heterocycles. The molecular formula is C19H26N4O. The highest BCUT2D eigenvalue weighted by Gasteiger charge is 2.23. The summed E-state index contributed by atoms with van der Waals surface area (Å²) in [5.74, 6) is -0.373. The molecule has 2 aromatic rings. The molecular weight excluding hydrogens is 300 g/mol. The number of amides is 1. The van der Waals surface area contributed by atoms with E-state index < -0.39 is 0 Å². The van der Waals surface area contributed by atoms with E-state index in [1.165, 1.54) is 30.5 Å². The van der Waals surface area contributed by atoms with E-state index in [0.29, 0.717) is 11.6 Å². The van der Waals surface area contributed by atoms with E-state index in [1.54, 1.807) is 0 Å². The molecule has 0 radical (unpaired) electrons. The Morgan fingerprint density at radius 3 is 2.62 bits per heavy atom. The Morgan fingerprint density at radius 2 is 2.00 bits per heavy atom. The van der Waals surface area contributed by atoms with Crippen molar-refractivity contribution in [3.63, 3.8) is 0 Å². The SMILES string of the molecule is Cc1cc(C)n(C[C@H]2CCCCN2Cc2ccc(C(N)=O)cc2)n1. The minimum atomic E-state index is -0.373. The van der Waals surface area contributed by atoms with Crippen molar-refractivity contribution in [1.82, 2.24) is 14.7 Å². The molecule has 1 aromatic heterocycles. The van der Waals surface area contributed by atoms with Crippen LogP contribution in [0.5, 0.6) is 0 Å². The summed E-state index contributed by atoms with van der Waals surface area (Å²) in [4.78, 5) is 13.7. The van der Waals surface area contributed by atoms with Crippen LogP contribution in [0.3, 0.4) is 0 Å². The number of hydrogen-bond donors (Lipinski definition) is 1. The Labute approximate surface area is 143 Å². The smallest absolute Gasteiger partial charge is 0.248 e. The van der Waals surface area contributed by atoms with E-state index in [-0.39, 0.29) is 5.91 Å². The predicted molar refractivity (Wildman–Crippen MR) is 94.7 cm³/mol. The molecule has 1 aromatic carbocycles. The maximum Gasteiger partial charge on any atom is 0.248 e. The fourth-order valence-electron chi connectivity index (χ4n) is 3.54. The predicted octanol–water partition coefficient (Wildman–Crippen LogP) is 2.65. The number of nitrogens with two attached hydrogens (primary N) is 1. The Kier molecular flexibility index (Phi) is 5.00. The first-order valence-corrected chi connectivity index (χ1v) is 8.67. The summed E-state index contributed by atoms with van der Waals surface area (Å²) >= 11 is 0. The molecule has 0 bridgehead atoms. The summed E-state index contributed by atoms with van der Waals surface area (Å²) in [6.45, 7) is 7.13. The van der Waals surface area contributed by atoms with Crippen LogP contribution in [0.1, 0.15) is 46.6 Å². The quantitative estimate of drug-likeness (QED) is 0.919. The number of piperidine rings is 1. The van der Waals surface area contributed by atoms with E-state index in [4.69, 9.17) is 5.73 Å². The van der Waals surface area contributed by atoms with Gasteiger partial charge in [0.1, 0.15) is 0 Å². The van der Waals surface area contributed by atoms with Gasteiger partial charge in [-0.05, 0) is 57.0 Å². The average molecular weight is 326 g/mol. The van der Waals surface area contributed by atoms with Crippen molar-refractivity contribution in [2.45, 2.75) is 52.2 Å². The molecule has 0 aliphatic carbocycles. The van der Waals surface area contributed by atoms with Crippen LogP contribution < -0.4 is 5.73 Å². The van der Waals surface area contributed by atoms with Gasteiger partial charge in [-0.15, -0.1) is 0 Å². The Bertz CT molecular complexity index is 705. The number of hydrogen-bond acceptors (Lipinski definition) is 3. The zero-order valence-corrected chi connectivity index (χ0v) is 14.5. The Morgan fingerprint density at radius 1 is 1.25 bits per heavy atom. The third-order valence-corrected chi connectivity index (χ3v) is 4.86. The number of carbonyl (C=O) groups excluding carboxylic acids is 1. The molecule has 1 aliphatic rings. The lowest BCUT2D eigenvalue weighted by Crippen LogP contribution is -2.41. The molecule has 128 valence electrons. The van der Waals surface area contributed by atoms with Crippen LogP contribution in [-0.2, 0) is 13.1 Å². The first-order valence-electron chi connectivity index (χ1n) is 8.67. The molecule has 2 N–H and O–H groups in total. The summed E-state index contributed by atoms with van der Waals surface area (Å²) in [7, 11) is 0. The number of aryl methyl sites for hydroxylation is 2. The zero-order chi connectivity index (χ0) is 17.1. The average Bonchev–Trinajstić information content (AvgIpc) is 2.87. The van der Waals surface area contributed by atoms with Crippen molar-refractivity contribution in [3.05, 3.63) is 52.8 Å². The summed E-state index contributed by atoms with van der Waals surface area (Å²) in [5, 5.41) is 4.62. The molecule has 5 nitrogen and oxygen atoms in total. The van der Waals surface area contributed by atoms with E-state index in [0.717, 1.165) is 25.3 Å². The minimum absolute atomic E-state index is 0.373. The molecule has 0 unspecified atom stereocenters. The van der Waals surface area contributed by atoms with Crippen LogP contribution in [0.2, 0.25) is 0 Å². The largest absolute Gasteiger partial charge is 0.366 e. The van der Waals surface area contributed by atoms with Gasteiger partial charge in [-0.25, -0.2) is 0 Å². The third kappa shape index (κ3) is 3.85. The third-order valence-electron chi connectivity index (χ3n) is 4.86. The van der Waals surface area contributed by atoms with E-state index in [1.807, 2.05) is 31.2 Å². The summed E-state index contributed by atoms with van der Waals surface area (Å²) in [5.41, 5.74) is 9.41. The van der Waals surface area contributed by atoms with Crippen LogP contribution in [0, 0.1) is 13.8 Å². The van der Waals surface area contributed by atoms with Crippen molar-refractivity contribution in [3.8, 4) is 0 Å². The maximum atomic E-state index is 11.2. The highest BCUT2D eigenvalue weighted by atomic mass is 16.1. The monoisotopic (exact) mass is 326 g/mol. The van der Waals surface area contributed by atoms with Gasteiger partial charge in [0.05, 0.1) is 12.2 Å². The van der Waals surface area contributed by atoms with Crippen LogP contribution in [0.4, 0.5) is 0 Å². The number of nitrogens with zero attached hydrogens (tertiary/aromatic N) is 3. The first-order chi connectivity index (χ1) is 11.5. The van der Waals surface area contributed by atoms with E-state index in [9.17, 15) is 4.79 Å². The molecule has 1 fully saturated rings. The lowest BCUT2D eigenvalue weighted by Gasteiger charge is -2.36. The summed E-state index contributed by atoms with van der Waals surface area (Å²) in [6.07, 6.45) is 3.73. The normalized spacial score (nSPS) is 18.7. The van der Waals surface area contributed by atoms with Crippen molar-refractivity contribution in [2.24, 2.45) is 5.73 Å². The number of benzene rings is 1. The second-order valence-electron chi connectivity index (χ2n) is 6.79. The number of rotatable bonds is 5. The van der Waals surface area contributed by atoms with Gasteiger partial charge in [-0.3, -0.25) is 14.4 Å². The van der Waals surface area contributed by atoms with Gasteiger partial charge in [0, 0.05) is 23.8 Å². The molecule has 5 heteroatoms. The number of carbonyl (C=O) groups is 1. The molecule has 0 saturated carbocycles. The van der Waals surface area contributed by atoms with Gasteiger partial charge >= 0.3 is 0 Å².